The van der Waals surface area contributed by atoms with Crippen molar-refractivity contribution in [2.24, 2.45) is 0 Å². The number of hydrogen-bond donors (Lipinski definition) is 1. The van der Waals surface area contributed by atoms with Gasteiger partial charge in [-0.15, -0.1) is 0 Å². The number of amides is 2. The van der Waals surface area contributed by atoms with Gasteiger partial charge in [0.25, 0.3) is 0 Å². The highest BCUT2D eigenvalue weighted by molar-refractivity contribution is 5.89. The lowest BCUT2D eigenvalue weighted by Crippen LogP contribution is -2.55. The third-order valence-corrected chi connectivity index (χ3v) is 5.36. The summed E-state index contributed by atoms with van der Waals surface area (Å²) in [6.07, 6.45) is 4.54. The second kappa shape index (κ2) is 8.10. The standard InChI is InChI=1S/C18H28FN5O/c1-14(2)22-9-11-23(12-10-22)15-4-7-24(8-5-15)18(25)21-17-3-6-20-13-16(17)19/h3,6,13-15H,4-5,7-12H2,1-2H3,(H,20,21,25). The van der Waals surface area contributed by atoms with Crippen LogP contribution in [0.1, 0.15) is 26.7 Å². The van der Waals surface area contributed by atoms with Crippen LogP contribution in [0.3, 0.4) is 0 Å². The van der Waals surface area contributed by atoms with Crippen LogP contribution in [-0.2, 0) is 0 Å². The van der Waals surface area contributed by atoms with Crippen molar-refractivity contribution in [2.75, 3.05) is 44.6 Å². The van der Waals surface area contributed by atoms with Gasteiger partial charge in [0.15, 0.2) is 5.82 Å². The number of nitrogens with zero attached hydrogens (tertiary/aromatic N) is 4. The molecule has 0 spiro atoms. The van der Waals surface area contributed by atoms with Crippen molar-refractivity contribution in [1.82, 2.24) is 19.7 Å². The van der Waals surface area contributed by atoms with Crippen LogP contribution in [0.4, 0.5) is 14.9 Å². The van der Waals surface area contributed by atoms with Gasteiger partial charge in [-0.25, -0.2) is 9.18 Å². The number of hydrogen-bond acceptors (Lipinski definition) is 4. The second-order valence-corrected chi connectivity index (χ2v) is 7.17. The summed E-state index contributed by atoms with van der Waals surface area (Å²) in [5, 5.41) is 2.64. The maximum Gasteiger partial charge on any atom is 0.321 e. The van der Waals surface area contributed by atoms with Gasteiger partial charge in [0.05, 0.1) is 11.9 Å². The van der Waals surface area contributed by atoms with Gasteiger partial charge in [-0.2, -0.15) is 0 Å². The minimum Gasteiger partial charge on any atom is -0.324 e. The molecule has 3 heterocycles. The summed E-state index contributed by atoms with van der Waals surface area (Å²) in [5.41, 5.74) is 0.187. The Morgan fingerprint density at radius 3 is 2.48 bits per heavy atom. The summed E-state index contributed by atoms with van der Waals surface area (Å²) in [4.78, 5) is 22.9. The molecule has 2 aliphatic heterocycles. The first-order valence-electron chi connectivity index (χ1n) is 9.18. The zero-order valence-electron chi connectivity index (χ0n) is 15.1. The number of likely N-dealkylation sites (tertiary alicyclic amines) is 1. The quantitative estimate of drug-likeness (QED) is 0.909. The molecule has 0 bridgehead atoms. The van der Waals surface area contributed by atoms with Crippen LogP contribution in [0.5, 0.6) is 0 Å². The van der Waals surface area contributed by atoms with Crippen molar-refractivity contribution < 1.29 is 9.18 Å². The first-order chi connectivity index (χ1) is 12.0. The summed E-state index contributed by atoms with van der Waals surface area (Å²) < 4.78 is 13.6. The Morgan fingerprint density at radius 2 is 1.88 bits per heavy atom. The topological polar surface area (TPSA) is 51.7 Å². The van der Waals surface area contributed by atoms with E-state index in [1.54, 1.807) is 4.90 Å². The number of anilines is 1. The molecule has 0 unspecified atom stereocenters. The molecule has 1 aromatic heterocycles. The van der Waals surface area contributed by atoms with E-state index in [0.29, 0.717) is 25.2 Å². The molecular formula is C18H28FN5O. The van der Waals surface area contributed by atoms with Crippen molar-refractivity contribution in [3.05, 3.63) is 24.3 Å². The number of carbonyl (C=O) groups is 1. The van der Waals surface area contributed by atoms with E-state index in [-0.39, 0.29) is 11.7 Å². The minimum atomic E-state index is -0.506. The predicted molar refractivity (Wildman–Crippen MR) is 96.1 cm³/mol. The van der Waals surface area contributed by atoms with Gasteiger partial charge in [-0.1, -0.05) is 0 Å². The van der Waals surface area contributed by atoms with Gasteiger partial charge in [0, 0.05) is 57.5 Å². The van der Waals surface area contributed by atoms with Gasteiger partial charge in [0.2, 0.25) is 0 Å². The number of nitrogens with one attached hydrogen (secondary N) is 1. The molecule has 0 saturated carbocycles. The number of halogens is 1. The molecule has 25 heavy (non-hydrogen) atoms. The van der Waals surface area contributed by atoms with E-state index in [9.17, 15) is 9.18 Å². The number of pyridine rings is 1. The molecule has 0 radical (unpaired) electrons. The summed E-state index contributed by atoms with van der Waals surface area (Å²) in [7, 11) is 0. The summed E-state index contributed by atoms with van der Waals surface area (Å²) in [6, 6.07) is 2.42. The largest absolute Gasteiger partial charge is 0.324 e. The Bertz CT molecular complexity index is 581. The van der Waals surface area contributed by atoms with E-state index < -0.39 is 5.82 Å². The van der Waals surface area contributed by atoms with Crippen LogP contribution in [0.15, 0.2) is 18.5 Å². The van der Waals surface area contributed by atoms with Crippen LogP contribution in [0.2, 0.25) is 0 Å². The number of piperidine rings is 1. The zero-order valence-corrected chi connectivity index (χ0v) is 15.1. The summed E-state index contributed by atoms with van der Waals surface area (Å²) in [6.45, 7) is 10.4. The Kier molecular flexibility index (Phi) is 5.86. The van der Waals surface area contributed by atoms with E-state index in [1.165, 1.54) is 12.3 Å². The molecule has 0 aliphatic carbocycles. The SMILES string of the molecule is CC(C)N1CCN(C2CCN(C(=O)Nc3ccncc3F)CC2)CC1. The monoisotopic (exact) mass is 349 g/mol. The predicted octanol–water partition coefficient (Wildman–Crippen LogP) is 2.24. The van der Waals surface area contributed by atoms with Crippen LogP contribution < -0.4 is 5.32 Å². The van der Waals surface area contributed by atoms with Crippen LogP contribution in [0, 0.1) is 5.82 Å². The maximum absolute atomic E-state index is 13.6. The summed E-state index contributed by atoms with van der Waals surface area (Å²) in [5.74, 6) is -0.506. The molecule has 2 fully saturated rings. The van der Waals surface area contributed by atoms with Crippen molar-refractivity contribution in [2.45, 2.75) is 38.8 Å². The molecule has 7 heteroatoms. The molecule has 6 nitrogen and oxygen atoms in total. The highest BCUT2D eigenvalue weighted by atomic mass is 19.1. The van der Waals surface area contributed by atoms with Gasteiger partial charge in [-0.3, -0.25) is 14.8 Å². The van der Waals surface area contributed by atoms with E-state index in [4.69, 9.17) is 0 Å². The maximum atomic E-state index is 13.6. The van der Waals surface area contributed by atoms with Crippen LogP contribution in [0.25, 0.3) is 0 Å². The minimum absolute atomic E-state index is 0.187. The molecule has 1 N–H and O–H groups in total. The molecule has 2 aliphatic rings. The Hall–Kier alpha value is -1.73. The third-order valence-electron chi connectivity index (χ3n) is 5.36. The van der Waals surface area contributed by atoms with Crippen molar-refractivity contribution in [1.29, 1.82) is 0 Å². The van der Waals surface area contributed by atoms with Crippen molar-refractivity contribution in [3.63, 3.8) is 0 Å². The van der Waals surface area contributed by atoms with Gasteiger partial charge >= 0.3 is 6.03 Å². The Balaban J connectivity index is 1.46. The molecular weight excluding hydrogens is 321 g/mol. The zero-order chi connectivity index (χ0) is 17.8. The second-order valence-electron chi connectivity index (χ2n) is 7.17. The molecule has 1 aromatic rings. The first kappa shape index (κ1) is 18.1. The Labute approximate surface area is 149 Å². The van der Waals surface area contributed by atoms with Crippen molar-refractivity contribution in [3.8, 4) is 0 Å². The third kappa shape index (κ3) is 4.46. The smallest absolute Gasteiger partial charge is 0.321 e. The average molecular weight is 349 g/mol. The molecule has 2 amide bonds. The van der Waals surface area contributed by atoms with Gasteiger partial charge in [0.1, 0.15) is 0 Å². The van der Waals surface area contributed by atoms with E-state index in [0.717, 1.165) is 45.2 Å². The number of aromatic nitrogens is 1. The van der Waals surface area contributed by atoms with E-state index in [1.807, 2.05) is 0 Å². The number of carbonyl (C=O) groups excluding carboxylic acids is 1. The molecule has 3 rings (SSSR count). The lowest BCUT2D eigenvalue weighted by Gasteiger charge is -2.43. The first-order valence-corrected chi connectivity index (χ1v) is 9.18. The fourth-order valence-corrected chi connectivity index (χ4v) is 3.72. The normalized spacial score (nSPS) is 20.9. The molecule has 138 valence electrons. The van der Waals surface area contributed by atoms with E-state index in [2.05, 4.69) is 33.9 Å². The van der Waals surface area contributed by atoms with E-state index >= 15 is 0 Å². The number of piperazine rings is 1. The molecule has 0 atom stereocenters. The highest BCUT2D eigenvalue weighted by Gasteiger charge is 2.29. The lowest BCUT2D eigenvalue weighted by atomic mass is 10.0. The molecule has 2 saturated heterocycles. The average Bonchev–Trinajstić information content (AvgIpc) is 2.64. The highest BCUT2D eigenvalue weighted by Crippen LogP contribution is 2.20. The van der Waals surface area contributed by atoms with Crippen LogP contribution >= 0.6 is 0 Å². The summed E-state index contributed by atoms with van der Waals surface area (Å²) >= 11 is 0. The van der Waals surface area contributed by atoms with Gasteiger partial charge in [-0.05, 0) is 32.8 Å². The number of rotatable bonds is 3. The fourth-order valence-electron chi connectivity index (χ4n) is 3.72. The fraction of sp³-hybridized carbons (Fsp3) is 0.667. The lowest BCUT2D eigenvalue weighted by molar-refractivity contribution is 0.0548. The van der Waals surface area contributed by atoms with Gasteiger partial charge < -0.3 is 10.2 Å². The molecule has 0 aromatic carbocycles. The number of urea groups is 1. The Morgan fingerprint density at radius 1 is 1.20 bits per heavy atom. The van der Waals surface area contributed by atoms with Crippen LogP contribution in [-0.4, -0.2) is 77.1 Å². The van der Waals surface area contributed by atoms with Crippen molar-refractivity contribution >= 4 is 11.7 Å².